The van der Waals surface area contributed by atoms with Crippen molar-refractivity contribution in [2.24, 2.45) is 0 Å². The molecule has 0 atom stereocenters. The predicted octanol–water partition coefficient (Wildman–Crippen LogP) is 1.70. The molecule has 0 aliphatic carbocycles. The summed E-state index contributed by atoms with van der Waals surface area (Å²) >= 11 is 0.983. The second kappa shape index (κ2) is 4.65. The molecule has 0 saturated carbocycles. The number of rotatable bonds is 4. The monoisotopic (exact) mass is 283 g/mol. The normalized spacial score (nSPS) is 10.6. The maximum absolute atomic E-state index is 10.8. The van der Waals surface area contributed by atoms with E-state index in [4.69, 9.17) is 5.73 Å². The van der Waals surface area contributed by atoms with Crippen LogP contribution in [0.4, 0.5) is 16.5 Å². The Morgan fingerprint density at radius 1 is 1.37 bits per heavy atom. The maximum atomic E-state index is 10.8. The summed E-state index contributed by atoms with van der Waals surface area (Å²) in [7, 11) is 0. The Labute approximate surface area is 110 Å². The molecule has 2 rings (SSSR count). The lowest BCUT2D eigenvalue weighted by Crippen LogP contribution is -2.05. The smallest absolute Gasteiger partial charge is 0.333 e. The zero-order valence-electron chi connectivity index (χ0n) is 9.77. The van der Waals surface area contributed by atoms with Gasteiger partial charge in [-0.3, -0.25) is 20.2 Å². The summed E-state index contributed by atoms with van der Waals surface area (Å²) in [6.07, 6.45) is 0. The van der Waals surface area contributed by atoms with Crippen LogP contribution in [0.2, 0.25) is 0 Å². The maximum Gasteiger partial charge on any atom is 0.333 e. The highest BCUT2D eigenvalue weighted by Crippen LogP contribution is 2.28. The number of aryl methyl sites for hydroxylation is 1. The first-order valence-electron chi connectivity index (χ1n) is 5.10. The minimum atomic E-state index is -0.592. The van der Waals surface area contributed by atoms with Crippen LogP contribution < -0.4 is 5.73 Å². The van der Waals surface area contributed by atoms with E-state index < -0.39 is 9.85 Å². The second-order valence-electron chi connectivity index (χ2n) is 3.73. The first-order valence-corrected chi connectivity index (χ1v) is 5.92. The molecule has 9 nitrogen and oxygen atoms in total. The van der Waals surface area contributed by atoms with Crippen molar-refractivity contribution in [3.63, 3.8) is 0 Å². The lowest BCUT2D eigenvalue weighted by Gasteiger charge is -1.99. The molecule has 2 N–H and O–H groups in total. The molecule has 0 amide bonds. The fraction of sp³-hybridized carbons (Fsp3) is 0.222. The summed E-state index contributed by atoms with van der Waals surface area (Å²) < 4.78 is 1.27. The zero-order chi connectivity index (χ0) is 14.2. The van der Waals surface area contributed by atoms with Crippen LogP contribution in [0.5, 0.6) is 0 Å². The number of nitrogens with two attached hydrogens (primary N) is 1. The Bertz CT molecular complexity index is 662. The first-order chi connectivity index (χ1) is 8.90. The highest BCUT2D eigenvalue weighted by Gasteiger charge is 2.23. The zero-order valence-corrected chi connectivity index (χ0v) is 10.6. The summed E-state index contributed by atoms with van der Waals surface area (Å²) in [4.78, 5) is 20.9. The van der Waals surface area contributed by atoms with Gasteiger partial charge in [0.1, 0.15) is 5.69 Å². The van der Waals surface area contributed by atoms with Crippen LogP contribution in [-0.4, -0.2) is 19.6 Å². The van der Waals surface area contributed by atoms with Crippen molar-refractivity contribution >= 4 is 27.8 Å². The van der Waals surface area contributed by atoms with E-state index in [9.17, 15) is 20.2 Å². The van der Waals surface area contributed by atoms with E-state index in [0.717, 1.165) is 11.3 Å². The average molecular weight is 283 g/mol. The standard InChI is InChI=1S/C9H9N5O4S/c1-5-8(14(17)18)9(10)12(11-5)4-6-2-3-7(19-6)13(15)16/h2-3H,4,10H2,1H3. The van der Waals surface area contributed by atoms with Crippen molar-refractivity contribution < 1.29 is 9.85 Å². The minimum absolute atomic E-state index is 0.00643. The number of nitrogens with zero attached hydrogens (tertiary/aromatic N) is 4. The molecule has 0 unspecified atom stereocenters. The van der Waals surface area contributed by atoms with Gasteiger partial charge in [-0.2, -0.15) is 5.10 Å². The van der Waals surface area contributed by atoms with Crippen molar-refractivity contribution in [3.05, 3.63) is 42.9 Å². The molecule has 0 aliphatic rings. The van der Waals surface area contributed by atoms with Gasteiger partial charge in [0.15, 0.2) is 0 Å². The van der Waals surface area contributed by atoms with Gasteiger partial charge in [-0.1, -0.05) is 11.3 Å². The van der Waals surface area contributed by atoms with Crippen LogP contribution in [0.3, 0.4) is 0 Å². The molecule has 0 radical (unpaired) electrons. The van der Waals surface area contributed by atoms with Crippen LogP contribution in [0.25, 0.3) is 0 Å². The number of nitrogen functional groups attached to an aromatic ring is 1. The van der Waals surface area contributed by atoms with E-state index in [-0.39, 0.29) is 28.7 Å². The molecule has 0 aliphatic heterocycles. The van der Waals surface area contributed by atoms with E-state index in [2.05, 4.69) is 5.10 Å². The molecule has 10 heteroatoms. The molecular formula is C9H9N5O4S. The lowest BCUT2D eigenvalue weighted by atomic mass is 10.4. The third kappa shape index (κ3) is 2.38. The second-order valence-corrected chi connectivity index (χ2v) is 4.88. The highest BCUT2D eigenvalue weighted by atomic mass is 32.1. The molecular weight excluding hydrogens is 274 g/mol. The van der Waals surface area contributed by atoms with Crippen LogP contribution in [0, 0.1) is 27.2 Å². The molecule has 0 bridgehead atoms. The molecule has 0 saturated heterocycles. The fourth-order valence-corrected chi connectivity index (χ4v) is 2.44. The van der Waals surface area contributed by atoms with Gasteiger partial charge in [0.25, 0.3) is 0 Å². The molecule has 2 aromatic rings. The van der Waals surface area contributed by atoms with Crippen LogP contribution in [0.15, 0.2) is 12.1 Å². The largest absolute Gasteiger partial charge is 0.378 e. The van der Waals surface area contributed by atoms with Crippen molar-refractivity contribution in [2.45, 2.75) is 13.5 Å². The Morgan fingerprint density at radius 2 is 2.05 bits per heavy atom. The van der Waals surface area contributed by atoms with Gasteiger partial charge in [0, 0.05) is 10.9 Å². The summed E-state index contributed by atoms with van der Waals surface area (Å²) in [5.74, 6) is -0.0569. The third-order valence-electron chi connectivity index (χ3n) is 2.45. The molecule has 0 spiro atoms. The van der Waals surface area contributed by atoms with E-state index in [0.29, 0.717) is 4.88 Å². The Balaban J connectivity index is 2.31. The number of aromatic nitrogens is 2. The number of thiophene rings is 1. The van der Waals surface area contributed by atoms with Crippen molar-refractivity contribution in [3.8, 4) is 0 Å². The SMILES string of the molecule is Cc1nn(Cc2ccc([N+](=O)[O-])s2)c(N)c1[N+](=O)[O-]. The van der Waals surface area contributed by atoms with E-state index >= 15 is 0 Å². The number of hydrogen-bond acceptors (Lipinski definition) is 7. The van der Waals surface area contributed by atoms with Gasteiger partial charge < -0.3 is 5.73 Å². The van der Waals surface area contributed by atoms with E-state index in [1.807, 2.05) is 0 Å². The Morgan fingerprint density at radius 3 is 2.53 bits per heavy atom. The molecule has 0 fully saturated rings. The topological polar surface area (TPSA) is 130 Å². The number of hydrogen-bond donors (Lipinski definition) is 1. The summed E-state index contributed by atoms with van der Waals surface area (Å²) in [6.45, 7) is 1.65. The quantitative estimate of drug-likeness (QED) is 0.671. The van der Waals surface area contributed by atoms with E-state index in [1.54, 1.807) is 6.07 Å². The summed E-state index contributed by atoms with van der Waals surface area (Å²) in [5, 5.41) is 25.3. The first kappa shape index (κ1) is 13.0. The number of nitro groups is 2. The Kier molecular flexibility index (Phi) is 3.17. The van der Waals surface area contributed by atoms with Crippen molar-refractivity contribution in [1.82, 2.24) is 9.78 Å². The molecule has 100 valence electrons. The number of anilines is 1. The van der Waals surface area contributed by atoms with Gasteiger partial charge in [0.05, 0.1) is 16.4 Å². The average Bonchev–Trinajstić information content (AvgIpc) is 2.85. The molecule has 2 aromatic heterocycles. The summed E-state index contributed by atoms with van der Waals surface area (Å²) in [5.41, 5.74) is 5.63. The van der Waals surface area contributed by atoms with Gasteiger partial charge in [0.2, 0.25) is 5.82 Å². The summed E-state index contributed by atoms with van der Waals surface area (Å²) in [6, 6.07) is 2.95. The van der Waals surface area contributed by atoms with Gasteiger partial charge in [-0.15, -0.1) is 0 Å². The Hall–Kier alpha value is -2.49. The molecule has 0 aromatic carbocycles. The highest BCUT2D eigenvalue weighted by molar-refractivity contribution is 7.15. The van der Waals surface area contributed by atoms with Gasteiger partial charge >= 0.3 is 10.7 Å². The van der Waals surface area contributed by atoms with Crippen molar-refractivity contribution in [1.29, 1.82) is 0 Å². The molecule has 19 heavy (non-hydrogen) atoms. The fourth-order valence-electron chi connectivity index (χ4n) is 1.63. The van der Waals surface area contributed by atoms with Gasteiger partial charge in [-0.25, -0.2) is 4.68 Å². The third-order valence-corrected chi connectivity index (χ3v) is 3.47. The van der Waals surface area contributed by atoms with E-state index in [1.165, 1.54) is 17.7 Å². The predicted molar refractivity (Wildman–Crippen MR) is 68.1 cm³/mol. The van der Waals surface area contributed by atoms with Crippen LogP contribution in [-0.2, 0) is 6.54 Å². The minimum Gasteiger partial charge on any atom is -0.378 e. The molecule has 2 heterocycles. The van der Waals surface area contributed by atoms with Crippen LogP contribution in [0.1, 0.15) is 10.6 Å². The lowest BCUT2D eigenvalue weighted by molar-refractivity contribution is -0.384. The van der Waals surface area contributed by atoms with Crippen molar-refractivity contribution in [2.75, 3.05) is 5.73 Å². The van der Waals surface area contributed by atoms with Gasteiger partial charge in [-0.05, 0) is 13.0 Å². The van der Waals surface area contributed by atoms with Crippen LogP contribution >= 0.6 is 11.3 Å².